The first-order valence-corrected chi connectivity index (χ1v) is 4.87. The molecule has 0 aliphatic heterocycles. The van der Waals surface area contributed by atoms with Gasteiger partial charge in [-0.1, -0.05) is 45.1 Å². The summed E-state index contributed by atoms with van der Waals surface area (Å²) in [5, 5.41) is 0. The van der Waals surface area contributed by atoms with Gasteiger partial charge in [0.15, 0.2) is 0 Å². The second-order valence-electron chi connectivity index (χ2n) is 3.66. The molecule has 0 amide bonds. The van der Waals surface area contributed by atoms with E-state index in [2.05, 4.69) is 40.9 Å². The van der Waals surface area contributed by atoms with Crippen LogP contribution in [-0.2, 0) is 0 Å². The van der Waals surface area contributed by atoms with Crippen molar-refractivity contribution in [1.29, 1.82) is 0 Å². The highest BCUT2D eigenvalue weighted by Gasteiger charge is 2.17. The second-order valence-corrected chi connectivity index (χ2v) is 3.66. The van der Waals surface area contributed by atoms with E-state index in [0.717, 1.165) is 6.42 Å². The first kappa shape index (κ1) is 11.5. The van der Waals surface area contributed by atoms with Crippen LogP contribution in [0.4, 0.5) is 0 Å². The predicted octanol–water partition coefficient (Wildman–Crippen LogP) is 4.19. The molecule has 0 aromatic rings. The maximum atomic E-state index is 4.11. The molecule has 2 unspecified atom stereocenters. The van der Waals surface area contributed by atoms with Gasteiger partial charge in [-0.3, -0.25) is 0 Å². The second kappa shape index (κ2) is 5.18. The summed E-state index contributed by atoms with van der Waals surface area (Å²) in [7, 11) is 0. The van der Waals surface area contributed by atoms with E-state index in [0.29, 0.717) is 11.8 Å². The van der Waals surface area contributed by atoms with Crippen LogP contribution in [0.3, 0.4) is 0 Å². The zero-order chi connectivity index (χ0) is 9.72. The Morgan fingerprint density at radius 2 is 1.75 bits per heavy atom. The molecule has 0 heterocycles. The summed E-state index contributed by atoms with van der Waals surface area (Å²) in [6, 6.07) is 0. The third-order valence-corrected chi connectivity index (χ3v) is 2.80. The fraction of sp³-hybridized carbons (Fsp3) is 0.667. The maximum absolute atomic E-state index is 4.11. The molecule has 12 heavy (non-hydrogen) atoms. The molecule has 0 saturated carbocycles. The van der Waals surface area contributed by atoms with Gasteiger partial charge in [-0.25, -0.2) is 0 Å². The van der Waals surface area contributed by atoms with Crippen molar-refractivity contribution in [2.24, 2.45) is 11.8 Å². The van der Waals surface area contributed by atoms with Gasteiger partial charge in [0, 0.05) is 0 Å². The third kappa shape index (κ3) is 2.84. The molecule has 0 radical (unpaired) electrons. The van der Waals surface area contributed by atoms with Crippen molar-refractivity contribution in [2.45, 2.75) is 40.5 Å². The lowest BCUT2D eigenvalue weighted by molar-refractivity contribution is 0.444. The van der Waals surface area contributed by atoms with E-state index in [4.69, 9.17) is 0 Å². The maximum Gasteiger partial charge on any atom is -0.0146 e. The quantitative estimate of drug-likeness (QED) is 0.537. The summed E-state index contributed by atoms with van der Waals surface area (Å²) in [4.78, 5) is 0. The van der Waals surface area contributed by atoms with Crippen molar-refractivity contribution < 1.29 is 0 Å². The zero-order valence-corrected chi connectivity index (χ0v) is 8.98. The smallest absolute Gasteiger partial charge is 0.0146 e. The standard InChI is InChI=1S/C12H22/c1-7-10(5)12(8-2)11(6)9(3)4/h11-12H,3,5,7-8H2,1-2,4,6H3. The van der Waals surface area contributed by atoms with E-state index in [1.165, 1.54) is 17.6 Å². The fourth-order valence-corrected chi connectivity index (χ4v) is 1.60. The van der Waals surface area contributed by atoms with Crippen molar-refractivity contribution >= 4 is 0 Å². The van der Waals surface area contributed by atoms with Gasteiger partial charge in [0.05, 0.1) is 0 Å². The summed E-state index contributed by atoms with van der Waals surface area (Å²) >= 11 is 0. The Balaban J connectivity index is 4.33. The molecule has 0 spiro atoms. The van der Waals surface area contributed by atoms with Crippen LogP contribution in [0.15, 0.2) is 24.3 Å². The van der Waals surface area contributed by atoms with Gasteiger partial charge in [-0.05, 0) is 31.6 Å². The first-order valence-electron chi connectivity index (χ1n) is 4.87. The van der Waals surface area contributed by atoms with E-state index in [-0.39, 0.29) is 0 Å². The molecular formula is C12H22. The van der Waals surface area contributed by atoms with Crippen molar-refractivity contribution in [3.05, 3.63) is 24.3 Å². The molecule has 0 saturated heterocycles. The van der Waals surface area contributed by atoms with E-state index in [1.54, 1.807) is 0 Å². The number of hydrogen-bond donors (Lipinski definition) is 0. The van der Waals surface area contributed by atoms with Crippen molar-refractivity contribution in [1.82, 2.24) is 0 Å². The molecule has 70 valence electrons. The van der Waals surface area contributed by atoms with Gasteiger partial charge >= 0.3 is 0 Å². The Morgan fingerprint density at radius 1 is 1.25 bits per heavy atom. The minimum atomic E-state index is 0.586. The molecule has 0 aromatic heterocycles. The molecule has 0 rings (SSSR count). The van der Waals surface area contributed by atoms with Crippen LogP contribution in [0.1, 0.15) is 40.5 Å². The number of allylic oxidation sites excluding steroid dienone is 2. The molecular weight excluding hydrogens is 144 g/mol. The van der Waals surface area contributed by atoms with Gasteiger partial charge in [0.1, 0.15) is 0 Å². The molecule has 0 N–H and O–H groups in total. The van der Waals surface area contributed by atoms with Crippen LogP contribution < -0.4 is 0 Å². The minimum absolute atomic E-state index is 0.586. The zero-order valence-electron chi connectivity index (χ0n) is 8.98. The molecule has 0 aliphatic carbocycles. The predicted molar refractivity (Wildman–Crippen MR) is 57.2 cm³/mol. The van der Waals surface area contributed by atoms with E-state index in [9.17, 15) is 0 Å². The highest BCUT2D eigenvalue weighted by molar-refractivity contribution is 5.08. The molecule has 0 bridgehead atoms. The molecule has 0 aromatic carbocycles. The van der Waals surface area contributed by atoms with Crippen LogP contribution >= 0.6 is 0 Å². The molecule has 0 heteroatoms. The van der Waals surface area contributed by atoms with Crippen LogP contribution in [-0.4, -0.2) is 0 Å². The fourth-order valence-electron chi connectivity index (χ4n) is 1.60. The average molecular weight is 166 g/mol. The Morgan fingerprint density at radius 3 is 2.00 bits per heavy atom. The molecule has 2 atom stereocenters. The molecule has 0 nitrogen and oxygen atoms in total. The normalized spacial score (nSPS) is 15.3. The van der Waals surface area contributed by atoms with Crippen LogP contribution in [0.2, 0.25) is 0 Å². The third-order valence-electron chi connectivity index (χ3n) is 2.80. The highest BCUT2D eigenvalue weighted by atomic mass is 14.2. The largest absolute Gasteiger partial charge is 0.0998 e. The SMILES string of the molecule is C=C(C)C(C)C(CC)C(=C)CC. The van der Waals surface area contributed by atoms with Gasteiger partial charge in [0.2, 0.25) is 0 Å². The first-order chi connectivity index (χ1) is 5.54. The summed E-state index contributed by atoms with van der Waals surface area (Å²) < 4.78 is 0. The van der Waals surface area contributed by atoms with E-state index < -0.39 is 0 Å². The van der Waals surface area contributed by atoms with Crippen LogP contribution in [0.5, 0.6) is 0 Å². The lowest BCUT2D eigenvalue weighted by Gasteiger charge is -2.24. The Bertz CT molecular complexity index is 165. The topological polar surface area (TPSA) is 0 Å². The Labute approximate surface area is 77.4 Å². The van der Waals surface area contributed by atoms with E-state index >= 15 is 0 Å². The van der Waals surface area contributed by atoms with Gasteiger partial charge in [0.25, 0.3) is 0 Å². The van der Waals surface area contributed by atoms with Crippen LogP contribution in [0.25, 0.3) is 0 Å². The summed E-state index contributed by atoms with van der Waals surface area (Å²) in [5.74, 6) is 1.22. The number of rotatable bonds is 5. The lowest BCUT2D eigenvalue weighted by Crippen LogP contribution is -2.13. The van der Waals surface area contributed by atoms with Crippen LogP contribution in [0, 0.1) is 11.8 Å². The average Bonchev–Trinajstić information content (AvgIpc) is 2.05. The van der Waals surface area contributed by atoms with Crippen molar-refractivity contribution in [3.8, 4) is 0 Å². The number of hydrogen-bond acceptors (Lipinski definition) is 0. The van der Waals surface area contributed by atoms with Gasteiger partial charge in [-0.15, -0.1) is 0 Å². The van der Waals surface area contributed by atoms with Crippen molar-refractivity contribution in [3.63, 3.8) is 0 Å². The monoisotopic (exact) mass is 166 g/mol. The molecule has 0 fully saturated rings. The summed E-state index contributed by atoms with van der Waals surface area (Å²) in [5.41, 5.74) is 2.64. The summed E-state index contributed by atoms with van der Waals surface area (Å²) in [6.07, 6.45) is 2.27. The highest BCUT2D eigenvalue weighted by Crippen LogP contribution is 2.29. The Hall–Kier alpha value is -0.520. The van der Waals surface area contributed by atoms with Gasteiger partial charge < -0.3 is 0 Å². The lowest BCUT2D eigenvalue weighted by atomic mass is 9.81. The van der Waals surface area contributed by atoms with Gasteiger partial charge in [-0.2, -0.15) is 0 Å². The summed E-state index contributed by atoms with van der Waals surface area (Å²) in [6.45, 7) is 16.9. The van der Waals surface area contributed by atoms with Crippen molar-refractivity contribution in [2.75, 3.05) is 0 Å². The van der Waals surface area contributed by atoms with E-state index in [1.807, 2.05) is 0 Å². The Kier molecular flexibility index (Phi) is 4.96. The molecule has 0 aliphatic rings. The minimum Gasteiger partial charge on any atom is -0.0998 e.